The van der Waals surface area contributed by atoms with Gasteiger partial charge in [0.2, 0.25) is 0 Å². The van der Waals surface area contributed by atoms with E-state index in [1.54, 1.807) is 30.3 Å². The summed E-state index contributed by atoms with van der Waals surface area (Å²) in [6.07, 6.45) is 3.95. The number of aliphatic hydroxyl groups is 1. The smallest absolute Gasteiger partial charge is 0.145 e. The van der Waals surface area contributed by atoms with E-state index in [0.29, 0.717) is 63.1 Å². The van der Waals surface area contributed by atoms with Gasteiger partial charge in [-0.2, -0.15) is 0 Å². The van der Waals surface area contributed by atoms with E-state index in [4.69, 9.17) is 32.5 Å². The van der Waals surface area contributed by atoms with Gasteiger partial charge >= 0.3 is 0 Å². The highest BCUT2D eigenvalue weighted by Crippen LogP contribution is 2.50. The van der Waals surface area contributed by atoms with Gasteiger partial charge < -0.3 is 14.4 Å². The molecule has 8 heteroatoms. The highest BCUT2D eigenvalue weighted by molar-refractivity contribution is 9.10. The average molecular weight is 597 g/mol. The number of nitrogens with zero attached hydrogens (tertiary/aromatic N) is 1. The minimum absolute atomic E-state index is 0.0970. The van der Waals surface area contributed by atoms with Crippen molar-refractivity contribution < 1.29 is 18.8 Å². The monoisotopic (exact) mass is 595 g/mol. The van der Waals surface area contributed by atoms with Gasteiger partial charge in [0.25, 0.3) is 0 Å². The lowest BCUT2D eigenvalue weighted by Crippen LogP contribution is -2.48. The highest BCUT2D eigenvalue weighted by Gasteiger charge is 2.49. The molecule has 192 valence electrons. The molecule has 1 heterocycles. The molecule has 4 nitrogen and oxygen atoms in total. The molecule has 0 unspecified atom stereocenters. The van der Waals surface area contributed by atoms with Gasteiger partial charge in [-0.05, 0) is 61.8 Å². The molecular formula is C28H29BrCl2FNO3. The lowest BCUT2D eigenvalue weighted by atomic mass is 9.64. The molecule has 3 aromatic rings. The fraction of sp³-hybridized carbons (Fsp3) is 0.464. The SMILES string of the molecule is CC[C@@H]1C[C@@H](OCc2c(-c3c(Cl)cccc3Cl)noc2C2CC2)C[C@H](C)[C@]1(O)c1ccc(Br)cc1F. The fourth-order valence-electron chi connectivity index (χ4n) is 5.73. The van der Waals surface area contributed by atoms with Crippen molar-refractivity contribution in [2.24, 2.45) is 11.8 Å². The zero-order valence-corrected chi connectivity index (χ0v) is 23.3. The lowest BCUT2D eigenvalue weighted by molar-refractivity contribution is -0.143. The van der Waals surface area contributed by atoms with Gasteiger partial charge in [0, 0.05) is 27.1 Å². The summed E-state index contributed by atoms with van der Waals surface area (Å²) in [6.45, 7) is 4.32. The first-order chi connectivity index (χ1) is 17.2. The van der Waals surface area contributed by atoms with Crippen LogP contribution in [0.2, 0.25) is 10.0 Å². The molecule has 0 spiro atoms. The molecule has 0 bridgehead atoms. The standard InChI is InChI=1S/C28H29BrCl2FNO3/c1-3-17-12-19(11-15(2)28(17,34)21-10-9-18(29)13-24(21)32)35-14-20-26(33-36-27(20)16-7-8-16)25-22(30)5-4-6-23(25)31/h4-6,9-10,13,15-17,19,34H,3,7-8,11-12,14H2,1-2H3/t15-,17+,19-,28+/m0/s1. The van der Waals surface area contributed by atoms with Gasteiger partial charge in [0.05, 0.1) is 28.4 Å². The van der Waals surface area contributed by atoms with Crippen LogP contribution in [0.5, 0.6) is 0 Å². The number of aromatic nitrogens is 1. The van der Waals surface area contributed by atoms with E-state index < -0.39 is 11.4 Å². The van der Waals surface area contributed by atoms with E-state index in [1.165, 1.54) is 6.07 Å². The number of ether oxygens (including phenoxy) is 1. The van der Waals surface area contributed by atoms with Crippen molar-refractivity contribution in [3.63, 3.8) is 0 Å². The second-order valence-corrected chi connectivity index (χ2v) is 11.8. The topological polar surface area (TPSA) is 55.5 Å². The molecule has 2 fully saturated rings. The Morgan fingerprint density at radius 1 is 1.19 bits per heavy atom. The first-order valence-corrected chi connectivity index (χ1v) is 14.0. The molecule has 5 rings (SSSR count). The molecule has 2 aliphatic rings. The molecule has 2 aliphatic carbocycles. The zero-order chi connectivity index (χ0) is 25.6. The Balaban J connectivity index is 1.39. The van der Waals surface area contributed by atoms with E-state index in [1.807, 2.05) is 13.8 Å². The minimum atomic E-state index is -1.26. The minimum Gasteiger partial charge on any atom is -0.384 e. The van der Waals surface area contributed by atoms with Crippen molar-refractivity contribution in [1.29, 1.82) is 0 Å². The molecule has 1 N–H and O–H groups in total. The molecule has 1 aromatic heterocycles. The number of halogens is 4. The Bertz CT molecular complexity index is 1240. The van der Waals surface area contributed by atoms with Gasteiger partial charge in [0.1, 0.15) is 17.3 Å². The predicted octanol–water partition coefficient (Wildman–Crippen LogP) is 8.66. The van der Waals surface area contributed by atoms with Crippen LogP contribution in [0, 0.1) is 17.7 Å². The van der Waals surface area contributed by atoms with E-state index in [0.717, 1.165) is 24.2 Å². The first kappa shape index (κ1) is 26.2. The first-order valence-electron chi connectivity index (χ1n) is 12.5. The molecule has 4 atom stereocenters. The fourth-order valence-corrected chi connectivity index (χ4v) is 6.64. The predicted molar refractivity (Wildman–Crippen MR) is 143 cm³/mol. The Hall–Kier alpha value is -1.44. The summed E-state index contributed by atoms with van der Waals surface area (Å²) >= 11 is 16.3. The molecule has 0 radical (unpaired) electrons. The summed E-state index contributed by atoms with van der Waals surface area (Å²) in [6, 6.07) is 10.3. The molecule has 0 aliphatic heterocycles. The van der Waals surface area contributed by atoms with Crippen molar-refractivity contribution in [3.8, 4) is 11.3 Å². The molecule has 0 amide bonds. The number of hydrogen-bond acceptors (Lipinski definition) is 4. The van der Waals surface area contributed by atoms with E-state index in [9.17, 15) is 9.50 Å². The van der Waals surface area contributed by atoms with Crippen LogP contribution < -0.4 is 0 Å². The maximum atomic E-state index is 14.9. The van der Waals surface area contributed by atoms with Crippen molar-refractivity contribution in [2.45, 2.75) is 70.2 Å². The van der Waals surface area contributed by atoms with Crippen LogP contribution in [-0.2, 0) is 16.9 Å². The summed E-state index contributed by atoms with van der Waals surface area (Å²) in [5.74, 6) is 0.441. The maximum Gasteiger partial charge on any atom is 0.145 e. The second-order valence-electron chi connectivity index (χ2n) is 10.1. The van der Waals surface area contributed by atoms with Gasteiger partial charge in [-0.25, -0.2) is 4.39 Å². The van der Waals surface area contributed by atoms with Crippen LogP contribution in [0.4, 0.5) is 4.39 Å². The zero-order valence-electron chi connectivity index (χ0n) is 20.2. The van der Waals surface area contributed by atoms with Gasteiger partial charge in [0.15, 0.2) is 0 Å². The normalized spacial score (nSPS) is 26.4. The average Bonchev–Trinajstić information content (AvgIpc) is 3.60. The van der Waals surface area contributed by atoms with E-state index in [2.05, 4.69) is 21.1 Å². The Kier molecular flexibility index (Phi) is 7.54. The third-order valence-electron chi connectivity index (χ3n) is 7.82. The second kappa shape index (κ2) is 10.4. The van der Waals surface area contributed by atoms with Crippen LogP contribution in [0.3, 0.4) is 0 Å². The van der Waals surface area contributed by atoms with Crippen LogP contribution in [0.15, 0.2) is 45.4 Å². The maximum absolute atomic E-state index is 14.9. The molecule has 2 aromatic carbocycles. The summed E-state index contributed by atoms with van der Waals surface area (Å²) in [5.41, 5.74) is 1.25. The van der Waals surface area contributed by atoms with Crippen molar-refractivity contribution in [2.75, 3.05) is 0 Å². The largest absolute Gasteiger partial charge is 0.384 e. The quantitative estimate of drug-likeness (QED) is 0.296. The summed E-state index contributed by atoms with van der Waals surface area (Å²) in [5, 5.41) is 17.2. The summed E-state index contributed by atoms with van der Waals surface area (Å²) < 4.78 is 27.8. The molecule has 36 heavy (non-hydrogen) atoms. The third kappa shape index (κ3) is 4.76. The summed E-state index contributed by atoms with van der Waals surface area (Å²) in [7, 11) is 0. The van der Waals surface area contributed by atoms with Crippen LogP contribution >= 0.6 is 39.1 Å². The van der Waals surface area contributed by atoms with Crippen molar-refractivity contribution >= 4 is 39.1 Å². The Morgan fingerprint density at radius 3 is 2.56 bits per heavy atom. The van der Waals surface area contributed by atoms with Crippen molar-refractivity contribution in [1.82, 2.24) is 5.16 Å². The number of hydrogen-bond donors (Lipinski definition) is 1. The van der Waals surface area contributed by atoms with E-state index >= 15 is 0 Å². The highest BCUT2D eigenvalue weighted by atomic mass is 79.9. The Morgan fingerprint density at radius 2 is 1.92 bits per heavy atom. The van der Waals surface area contributed by atoms with Crippen LogP contribution in [0.1, 0.15) is 68.8 Å². The molecule has 0 saturated heterocycles. The number of rotatable bonds is 7. The van der Waals surface area contributed by atoms with E-state index in [-0.39, 0.29) is 17.9 Å². The number of benzene rings is 2. The van der Waals surface area contributed by atoms with Gasteiger partial charge in [-0.3, -0.25) is 0 Å². The lowest BCUT2D eigenvalue weighted by Gasteiger charge is -2.47. The van der Waals surface area contributed by atoms with Crippen LogP contribution in [0.25, 0.3) is 11.3 Å². The molecular weight excluding hydrogens is 568 g/mol. The third-order valence-corrected chi connectivity index (χ3v) is 8.95. The molecule has 2 saturated carbocycles. The van der Waals surface area contributed by atoms with Gasteiger partial charge in [-0.1, -0.05) is 76.7 Å². The summed E-state index contributed by atoms with van der Waals surface area (Å²) in [4.78, 5) is 0. The van der Waals surface area contributed by atoms with Crippen molar-refractivity contribution in [3.05, 3.63) is 73.6 Å². The van der Waals surface area contributed by atoms with Crippen LogP contribution in [-0.4, -0.2) is 16.4 Å². The van der Waals surface area contributed by atoms with Gasteiger partial charge in [-0.15, -0.1) is 0 Å². The Labute approximate surface area is 229 Å².